The molecule has 4 aliphatic rings. The normalized spacial score (nSPS) is 43.4. The van der Waals surface area contributed by atoms with Crippen molar-refractivity contribution in [1.29, 1.82) is 0 Å². The number of likely N-dealkylation sites (N-methyl/N-ethyl adjacent to an activating group) is 1. The van der Waals surface area contributed by atoms with Gasteiger partial charge >= 0.3 is 0 Å². The van der Waals surface area contributed by atoms with Gasteiger partial charge in [-0.1, -0.05) is 32.9 Å². The first-order chi connectivity index (χ1) is 11.7. The molecule has 0 bridgehead atoms. The summed E-state index contributed by atoms with van der Waals surface area (Å²) in [5.74, 6) is 0.568. The highest BCUT2D eigenvalue weighted by molar-refractivity contribution is 6.23. The smallest absolute Gasteiger partial charge is 0.205 e. The van der Waals surface area contributed by atoms with E-state index in [4.69, 9.17) is 0 Å². The van der Waals surface area contributed by atoms with Crippen LogP contribution in [0.4, 0.5) is 0 Å². The van der Waals surface area contributed by atoms with Crippen molar-refractivity contribution in [2.24, 2.45) is 22.2 Å². The molecule has 0 spiro atoms. The lowest BCUT2D eigenvalue weighted by Crippen LogP contribution is -2.54. The number of Topliss-reactive ketones (excluding diaryl/α,β-unsaturated/α-hetero) is 1. The molecule has 0 saturated heterocycles. The van der Waals surface area contributed by atoms with Crippen molar-refractivity contribution in [3.63, 3.8) is 0 Å². The first-order valence-corrected chi connectivity index (χ1v) is 9.59. The molecule has 0 amide bonds. The molecule has 0 aromatic rings. The number of rotatable bonds is 1. The summed E-state index contributed by atoms with van der Waals surface area (Å²) >= 11 is 0. The van der Waals surface area contributed by atoms with Gasteiger partial charge in [0, 0.05) is 29.7 Å². The van der Waals surface area contributed by atoms with Gasteiger partial charge in [0.1, 0.15) is 0 Å². The first kappa shape index (κ1) is 16.8. The maximum Gasteiger partial charge on any atom is 0.205 e. The Morgan fingerprint density at radius 2 is 1.92 bits per heavy atom. The zero-order valence-electron chi connectivity index (χ0n) is 15.9. The summed E-state index contributed by atoms with van der Waals surface area (Å²) in [6, 6.07) is 0. The fourth-order valence-corrected chi connectivity index (χ4v) is 6.64. The molecule has 2 saturated carbocycles. The average Bonchev–Trinajstić information content (AvgIpc) is 2.82. The third kappa shape index (κ3) is 1.82. The number of carbonyl (C=O) groups is 2. The number of hydrogen-bond acceptors (Lipinski definition) is 3. The second kappa shape index (κ2) is 4.96. The van der Waals surface area contributed by atoms with Gasteiger partial charge in [0.05, 0.1) is 5.70 Å². The third-order valence-electron chi connectivity index (χ3n) is 8.43. The molecule has 4 atom stereocenters. The van der Waals surface area contributed by atoms with Crippen LogP contribution in [0, 0.1) is 22.2 Å². The summed E-state index contributed by atoms with van der Waals surface area (Å²) in [5, 5.41) is 2.94. The fraction of sp³-hybridized carbons (Fsp3) is 0.636. The molecule has 1 N–H and O–H groups in total. The lowest BCUT2D eigenvalue weighted by molar-refractivity contribution is -0.119. The van der Waals surface area contributed by atoms with Crippen molar-refractivity contribution in [1.82, 2.24) is 5.32 Å². The number of hydrogen-bond donors (Lipinski definition) is 1. The maximum absolute atomic E-state index is 13.1. The topological polar surface area (TPSA) is 46.2 Å². The first-order valence-electron chi connectivity index (χ1n) is 9.59. The number of nitrogens with one attached hydrogen (secondary N) is 1. The van der Waals surface area contributed by atoms with Crippen molar-refractivity contribution in [3.8, 4) is 0 Å². The minimum Gasteiger partial charge on any atom is -0.385 e. The van der Waals surface area contributed by atoms with Crippen LogP contribution in [0.2, 0.25) is 0 Å². The van der Waals surface area contributed by atoms with Gasteiger partial charge < -0.3 is 5.32 Å². The van der Waals surface area contributed by atoms with E-state index in [1.165, 1.54) is 24.5 Å². The Morgan fingerprint density at radius 1 is 1.20 bits per heavy atom. The molecule has 0 unspecified atom stereocenters. The standard InChI is InChI=1S/C22H29NO2/c1-13-7-6-8-17-20(13,2)9-10-21(3)18-14(12-22(17,21)4)16(24)11-15(23-5)19(18)25/h11,17,23H,1,6-10,12H2,2-5H3/t17-,20-,21+,22+/m1/s1. The molecular formula is C22H29NO2. The molecule has 0 radical (unpaired) electrons. The van der Waals surface area contributed by atoms with Gasteiger partial charge in [-0.25, -0.2) is 0 Å². The summed E-state index contributed by atoms with van der Waals surface area (Å²) in [4.78, 5) is 25.9. The monoisotopic (exact) mass is 339 g/mol. The number of fused-ring (bicyclic) bond motifs is 4. The van der Waals surface area contributed by atoms with E-state index in [1.54, 1.807) is 7.05 Å². The Labute approximate surface area is 150 Å². The molecule has 25 heavy (non-hydrogen) atoms. The van der Waals surface area contributed by atoms with E-state index in [2.05, 4.69) is 32.7 Å². The molecule has 4 rings (SSSR count). The summed E-state index contributed by atoms with van der Waals surface area (Å²) in [6.45, 7) is 11.4. The van der Waals surface area contributed by atoms with Crippen LogP contribution < -0.4 is 5.32 Å². The predicted octanol–water partition coefficient (Wildman–Crippen LogP) is 4.11. The number of allylic oxidation sites excluding steroid dienone is 4. The number of carbonyl (C=O) groups excluding carboxylic acids is 2. The minimum absolute atomic E-state index is 0.0344. The fourth-order valence-electron chi connectivity index (χ4n) is 6.64. The molecule has 0 heterocycles. The van der Waals surface area contributed by atoms with E-state index in [0.29, 0.717) is 11.6 Å². The van der Waals surface area contributed by atoms with Gasteiger partial charge in [0.25, 0.3) is 0 Å². The SMILES string of the molecule is C=C1CCC[C@H]2[C@]3(C)CC4=C(C(=O)C(NC)=CC4=O)[C@]3(C)CC[C@]12C. The lowest BCUT2D eigenvalue weighted by Gasteiger charge is -2.61. The summed E-state index contributed by atoms with van der Waals surface area (Å²) in [7, 11) is 1.72. The van der Waals surface area contributed by atoms with Crippen LogP contribution >= 0.6 is 0 Å². The van der Waals surface area contributed by atoms with Gasteiger partial charge in [-0.05, 0) is 55.3 Å². The van der Waals surface area contributed by atoms with Gasteiger partial charge in [-0.15, -0.1) is 0 Å². The average molecular weight is 339 g/mol. The molecule has 4 aliphatic carbocycles. The quantitative estimate of drug-likeness (QED) is 0.577. The van der Waals surface area contributed by atoms with Gasteiger partial charge in [-0.2, -0.15) is 0 Å². The second-order valence-electron chi connectivity index (χ2n) is 9.25. The third-order valence-corrected chi connectivity index (χ3v) is 8.43. The zero-order chi connectivity index (χ0) is 18.2. The van der Waals surface area contributed by atoms with E-state index in [-0.39, 0.29) is 27.8 Å². The van der Waals surface area contributed by atoms with E-state index in [9.17, 15) is 9.59 Å². The Hall–Kier alpha value is -1.64. The van der Waals surface area contributed by atoms with Crippen molar-refractivity contribution >= 4 is 11.6 Å². The lowest BCUT2D eigenvalue weighted by atomic mass is 9.42. The maximum atomic E-state index is 13.1. The van der Waals surface area contributed by atoms with Gasteiger partial charge in [0.2, 0.25) is 5.78 Å². The van der Waals surface area contributed by atoms with Crippen molar-refractivity contribution in [2.75, 3.05) is 7.05 Å². The Kier molecular flexibility index (Phi) is 3.33. The molecular weight excluding hydrogens is 310 g/mol. The summed E-state index contributed by atoms with van der Waals surface area (Å²) < 4.78 is 0. The molecule has 3 heteroatoms. The molecule has 0 aliphatic heterocycles. The largest absolute Gasteiger partial charge is 0.385 e. The zero-order valence-corrected chi connectivity index (χ0v) is 15.9. The van der Waals surface area contributed by atoms with Crippen molar-refractivity contribution < 1.29 is 9.59 Å². The second-order valence-corrected chi connectivity index (χ2v) is 9.25. The Morgan fingerprint density at radius 3 is 2.60 bits per heavy atom. The molecule has 2 fully saturated rings. The predicted molar refractivity (Wildman–Crippen MR) is 98.8 cm³/mol. The van der Waals surface area contributed by atoms with E-state index in [1.807, 2.05) is 0 Å². The van der Waals surface area contributed by atoms with Gasteiger partial charge in [0.15, 0.2) is 5.78 Å². The van der Waals surface area contributed by atoms with Gasteiger partial charge in [-0.3, -0.25) is 9.59 Å². The number of ketones is 2. The molecule has 0 aromatic carbocycles. The van der Waals surface area contributed by atoms with Crippen LogP contribution in [0.1, 0.15) is 59.3 Å². The Bertz CT molecular complexity index is 773. The van der Waals surface area contributed by atoms with Crippen LogP contribution in [0.25, 0.3) is 0 Å². The highest BCUT2D eigenvalue weighted by Crippen LogP contribution is 2.72. The van der Waals surface area contributed by atoms with E-state index >= 15 is 0 Å². The molecule has 134 valence electrons. The van der Waals surface area contributed by atoms with Crippen LogP contribution in [-0.4, -0.2) is 18.6 Å². The molecule has 0 aromatic heterocycles. The minimum atomic E-state index is -0.215. The van der Waals surface area contributed by atoms with Crippen molar-refractivity contribution in [3.05, 3.63) is 35.1 Å². The van der Waals surface area contributed by atoms with Crippen molar-refractivity contribution in [2.45, 2.75) is 59.3 Å². The highest BCUT2D eigenvalue weighted by atomic mass is 16.1. The molecule has 3 nitrogen and oxygen atoms in total. The Balaban J connectivity index is 1.84. The highest BCUT2D eigenvalue weighted by Gasteiger charge is 2.66. The van der Waals surface area contributed by atoms with Crippen LogP contribution in [-0.2, 0) is 9.59 Å². The van der Waals surface area contributed by atoms with E-state index in [0.717, 1.165) is 36.8 Å². The summed E-state index contributed by atoms with van der Waals surface area (Å²) in [6.07, 6.45) is 7.75. The van der Waals surface area contributed by atoms with E-state index < -0.39 is 0 Å². The van der Waals surface area contributed by atoms with Crippen LogP contribution in [0.3, 0.4) is 0 Å². The van der Waals surface area contributed by atoms with Crippen LogP contribution in [0.5, 0.6) is 0 Å². The summed E-state index contributed by atoms with van der Waals surface area (Å²) in [5.41, 5.74) is 3.31. The van der Waals surface area contributed by atoms with Crippen LogP contribution in [0.15, 0.2) is 35.1 Å².